The molecule has 0 aromatic carbocycles. The number of nitriles is 1. The zero-order valence-corrected chi connectivity index (χ0v) is 21.1. The Hall–Kier alpha value is -3.63. The highest BCUT2D eigenvalue weighted by Crippen LogP contribution is 2.26. The Morgan fingerprint density at radius 2 is 2.14 bits per heavy atom. The summed E-state index contributed by atoms with van der Waals surface area (Å²) in [7, 11) is 0. The number of nitrogens with two attached hydrogens (primary N) is 1. The first-order valence-electron chi connectivity index (χ1n) is 12.1. The SMILES string of the molecule is N#Cc1c(N)cc(C(=O)NCC2CCN(Cc3cnc(-c4ccccn4)s3)CC2)nc1NCC(O)CO. The molecule has 0 saturated carbocycles. The summed E-state index contributed by atoms with van der Waals surface area (Å²) < 4.78 is 0. The van der Waals surface area contributed by atoms with E-state index in [1.165, 1.54) is 10.9 Å². The molecule has 1 amide bonds. The predicted octanol–water partition coefficient (Wildman–Crippen LogP) is 1.46. The van der Waals surface area contributed by atoms with Crippen LogP contribution in [0.15, 0.2) is 36.7 Å². The summed E-state index contributed by atoms with van der Waals surface area (Å²) in [5.74, 6) is 0.0672. The van der Waals surface area contributed by atoms with Crippen LogP contribution < -0.4 is 16.4 Å². The number of carbonyl (C=O) groups is 1. The van der Waals surface area contributed by atoms with Gasteiger partial charge in [-0.25, -0.2) is 9.97 Å². The van der Waals surface area contributed by atoms with Crippen molar-refractivity contribution in [1.82, 2.24) is 25.2 Å². The van der Waals surface area contributed by atoms with Gasteiger partial charge in [0.25, 0.3) is 5.91 Å². The molecule has 6 N–H and O–H groups in total. The van der Waals surface area contributed by atoms with Crippen LogP contribution in [-0.4, -0.2) is 74.9 Å². The summed E-state index contributed by atoms with van der Waals surface area (Å²) in [4.78, 5) is 29.5. The van der Waals surface area contributed by atoms with Crippen molar-refractivity contribution in [3.63, 3.8) is 0 Å². The third-order valence-electron chi connectivity index (χ3n) is 6.19. The molecule has 1 unspecified atom stereocenters. The maximum absolute atomic E-state index is 12.8. The van der Waals surface area contributed by atoms with Gasteiger partial charge in [-0.05, 0) is 50.0 Å². The van der Waals surface area contributed by atoms with Crippen LogP contribution in [0, 0.1) is 17.2 Å². The van der Waals surface area contributed by atoms with Gasteiger partial charge in [-0.1, -0.05) is 6.07 Å². The van der Waals surface area contributed by atoms with E-state index in [9.17, 15) is 15.2 Å². The summed E-state index contributed by atoms with van der Waals surface area (Å²) >= 11 is 1.66. The number of nitrogens with one attached hydrogen (secondary N) is 2. The lowest BCUT2D eigenvalue weighted by atomic mass is 9.96. The maximum Gasteiger partial charge on any atom is 0.270 e. The normalized spacial score (nSPS) is 15.2. The molecule has 0 bridgehead atoms. The Morgan fingerprint density at radius 1 is 1.32 bits per heavy atom. The van der Waals surface area contributed by atoms with Crippen LogP contribution in [0.4, 0.5) is 11.5 Å². The molecule has 0 spiro atoms. The molecule has 0 aliphatic carbocycles. The van der Waals surface area contributed by atoms with Gasteiger partial charge in [-0.15, -0.1) is 11.3 Å². The molecule has 4 heterocycles. The summed E-state index contributed by atoms with van der Waals surface area (Å²) in [6, 6.07) is 9.13. The largest absolute Gasteiger partial charge is 0.397 e. The number of amides is 1. The molecule has 4 rings (SSSR count). The van der Waals surface area contributed by atoms with Crippen molar-refractivity contribution >= 4 is 28.7 Å². The van der Waals surface area contributed by atoms with Gasteiger partial charge < -0.3 is 26.6 Å². The molecule has 1 aliphatic heterocycles. The van der Waals surface area contributed by atoms with Gasteiger partial charge in [0.05, 0.1) is 24.1 Å². The average molecular weight is 523 g/mol. The van der Waals surface area contributed by atoms with Gasteiger partial charge in [0.1, 0.15) is 28.2 Å². The van der Waals surface area contributed by atoms with Crippen molar-refractivity contribution in [2.75, 3.05) is 43.8 Å². The molecule has 3 aromatic heterocycles. The molecule has 1 aliphatic rings. The van der Waals surface area contributed by atoms with Crippen LogP contribution in [0.3, 0.4) is 0 Å². The highest BCUT2D eigenvalue weighted by Gasteiger charge is 2.22. The van der Waals surface area contributed by atoms with Crippen molar-refractivity contribution in [2.45, 2.75) is 25.5 Å². The van der Waals surface area contributed by atoms with Crippen molar-refractivity contribution in [1.29, 1.82) is 5.26 Å². The standard InChI is InChI=1S/C25H30N8O3S/c26-10-19-20(27)9-22(32-23(19)29-12-17(35)15-34)24(36)30-11-16-4-7-33(8-5-16)14-18-13-31-25(37-18)21-3-1-2-6-28-21/h1-3,6,9,13,16-17,34-35H,4-5,7-8,11-12,14-15H2,(H,30,36)(H3,27,29,32). The molecular weight excluding hydrogens is 492 g/mol. The molecule has 37 heavy (non-hydrogen) atoms. The Labute approximate surface area is 219 Å². The monoisotopic (exact) mass is 522 g/mol. The number of pyridine rings is 2. The minimum absolute atomic E-state index is 0.0345. The zero-order valence-electron chi connectivity index (χ0n) is 20.3. The Balaban J connectivity index is 1.26. The Morgan fingerprint density at radius 3 is 2.84 bits per heavy atom. The number of aliphatic hydroxyl groups is 2. The smallest absolute Gasteiger partial charge is 0.270 e. The van der Waals surface area contributed by atoms with Crippen LogP contribution in [0.1, 0.15) is 33.8 Å². The number of hydrogen-bond donors (Lipinski definition) is 5. The zero-order chi connectivity index (χ0) is 26.2. The third-order valence-corrected chi connectivity index (χ3v) is 7.19. The second-order valence-corrected chi connectivity index (χ2v) is 10.0. The molecule has 1 saturated heterocycles. The van der Waals surface area contributed by atoms with Crippen molar-refractivity contribution in [3.8, 4) is 16.8 Å². The molecular formula is C25H30N8O3S. The first-order chi connectivity index (χ1) is 18.0. The predicted molar refractivity (Wildman–Crippen MR) is 141 cm³/mol. The minimum atomic E-state index is -1.03. The molecule has 1 fully saturated rings. The second-order valence-electron chi connectivity index (χ2n) is 8.93. The Kier molecular flexibility index (Phi) is 8.97. The highest BCUT2D eigenvalue weighted by atomic mass is 32.1. The van der Waals surface area contributed by atoms with Gasteiger partial charge in [0.2, 0.25) is 0 Å². The van der Waals surface area contributed by atoms with Crippen LogP contribution in [0.2, 0.25) is 0 Å². The lowest BCUT2D eigenvalue weighted by molar-refractivity contribution is 0.0930. The first kappa shape index (κ1) is 26.4. The number of nitrogens with zero attached hydrogens (tertiary/aromatic N) is 5. The lowest BCUT2D eigenvalue weighted by Crippen LogP contribution is -2.38. The summed E-state index contributed by atoms with van der Waals surface area (Å²) in [5.41, 5.74) is 7.13. The summed E-state index contributed by atoms with van der Waals surface area (Å²) in [5, 5.41) is 34.6. The van der Waals surface area contributed by atoms with Crippen LogP contribution in [0.5, 0.6) is 0 Å². The van der Waals surface area contributed by atoms with E-state index in [2.05, 4.69) is 30.5 Å². The quantitative estimate of drug-likeness (QED) is 0.262. The molecule has 0 radical (unpaired) electrons. The van der Waals surface area contributed by atoms with Crippen molar-refractivity contribution in [2.24, 2.45) is 5.92 Å². The minimum Gasteiger partial charge on any atom is -0.397 e. The number of aliphatic hydroxyl groups excluding tert-OH is 2. The van der Waals surface area contributed by atoms with Gasteiger partial charge in [0.15, 0.2) is 0 Å². The summed E-state index contributed by atoms with van der Waals surface area (Å²) in [6.07, 6.45) is 4.58. The fourth-order valence-corrected chi connectivity index (χ4v) is 5.02. The summed E-state index contributed by atoms with van der Waals surface area (Å²) in [6.45, 7) is 2.75. The average Bonchev–Trinajstić information content (AvgIpc) is 3.39. The number of anilines is 2. The van der Waals surface area contributed by atoms with Gasteiger partial charge in [-0.2, -0.15) is 5.26 Å². The highest BCUT2D eigenvalue weighted by molar-refractivity contribution is 7.14. The fourth-order valence-electron chi connectivity index (χ4n) is 4.09. The molecule has 1 atom stereocenters. The molecule has 194 valence electrons. The van der Waals surface area contributed by atoms with E-state index in [1.54, 1.807) is 17.5 Å². The van der Waals surface area contributed by atoms with E-state index in [4.69, 9.17) is 10.8 Å². The lowest BCUT2D eigenvalue weighted by Gasteiger charge is -2.31. The van der Waals surface area contributed by atoms with E-state index < -0.39 is 12.7 Å². The van der Waals surface area contributed by atoms with Gasteiger partial charge in [-0.3, -0.25) is 14.7 Å². The van der Waals surface area contributed by atoms with Gasteiger partial charge >= 0.3 is 0 Å². The fraction of sp³-hybridized carbons (Fsp3) is 0.400. The number of rotatable bonds is 10. The molecule has 12 heteroatoms. The van der Waals surface area contributed by atoms with E-state index in [0.29, 0.717) is 12.5 Å². The van der Waals surface area contributed by atoms with E-state index in [0.717, 1.165) is 43.2 Å². The molecule has 3 aromatic rings. The Bertz CT molecular complexity index is 1240. The number of thiazole rings is 1. The van der Waals surface area contributed by atoms with Crippen LogP contribution in [-0.2, 0) is 6.54 Å². The number of hydrogen-bond acceptors (Lipinski definition) is 11. The van der Waals surface area contributed by atoms with Crippen LogP contribution >= 0.6 is 11.3 Å². The van der Waals surface area contributed by atoms with Crippen LogP contribution in [0.25, 0.3) is 10.7 Å². The number of piperidine rings is 1. The topological polar surface area (TPSA) is 173 Å². The first-order valence-corrected chi connectivity index (χ1v) is 12.9. The second kappa shape index (κ2) is 12.6. The van der Waals surface area contributed by atoms with Gasteiger partial charge in [0, 0.05) is 36.9 Å². The number of likely N-dealkylation sites (tertiary alicyclic amines) is 1. The number of nitrogen functional groups attached to an aromatic ring is 1. The molecule has 11 nitrogen and oxygen atoms in total. The van der Waals surface area contributed by atoms with E-state index >= 15 is 0 Å². The van der Waals surface area contributed by atoms with E-state index in [-0.39, 0.29) is 35.2 Å². The van der Waals surface area contributed by atoms with Crippen molar-refractivity contribution < 1.29 is 15.0 Å². The van der Waals surface area contributed by atoms with E-state index in [1.807, 2.05) is 30.5 Å². The third kappa shape index (κ3) is 6.99. The number of carbonyl (C=O) groups excluding carboxylic acids is 1. The number of aromatic nitrogens is 3. The maximum atomic E-state index is 12.8. The van der Waals surface area contributed by atoms with Crippen molar-refractivity contribution in [3.05, 3.63) is 52.8 Å².